The molecule has 24 heavy (non-hydrogen) atoms. The molecule has 0 unspecified atom stereocenters. The summed E-state index contributed by atoms with van der Waals surface area (Å²) in [5.41, 5.74) is 0.211. The van der Waals surface area contributed by atoms with Gasteiger partial charge in [0.05, 0.1) is 18.8 Å². The maximum absolute atomic E-state index is 14.2. The quantitative estimate of drug-likeness (QED) is 0.885. The van der Waals surface area contributed by atoms with Crippen molar-refractivity contribution in [3.8, 4) is 0 Å². The van der Waals surface area contributed by atoms with Crippen molar-refractivity contribution >= 4 is 23.5 Å². The molecule has 0 radical (unpaired) electrons. The summed E-state index contributed by atoms with van der Waals surface area (Å²) in [6.07, 6.45) is 1.13. The number of nitrogens with zero attached hydrogens (tertiary/aromatic N) is 2. The standard InChI is InChI=1S/C16H17FN2O5/c17-12-4-3-10(18-5-1-2-14(18)20)8-11(12)15(21)19-6-7-24-9-13(19)16(22)23/h3-4,8,13H,1-2,5-7,9H2,(H,22,23)/t13-/m1/s1. The molecule has 1 N–H and O–H groups in total. The fourth-order valence-electron chi connectivity index (χ4n) is 2.97. The zero-order valence-electron chi connectivity index (χ0n) is 12.9. The number of carboxylic acid groups (broad SMARTS) is 1. The lowest BCUT2D eigenvalue weighted by Crippen LogP contribution is -2.52. The predicted molar refractivity (Wildman–Crippen MR) is 81.3 cm³/mol. The van der Waals surface area contributed by atoms with E-state index in [0.717, 1.165) is 11.0 Å². The third kappa shape index (κ3) is 2.96. The lowest BCUT2D eigenvalue weighted by atomic mass is 10.1. The van der Waals surface area contributed by atoms with E-state index in [-0.39, 0.29) is 31.2 Å². The van der Waals surface area contributed by atoms with E-state index in [2.05, 4.69) is 0 Å². The number of hydrogen-bond acceptors (Lipinski definition) is 4. The first-order chi connectivity index (χ1) is 11.5. The Kier molecular flexibility index (Phi) is 4.48. The molecule has 2 fully saturated rings. The van der Waals surface area contributed by atoms with Gasteiger partial charge in [0.15, 0.2) is 6.04 Å². The van der Waals surface area contributed by atoms with Gasteiger partial charge in [-0.2, -0.15) is 0 Å². The van der Waals surface area contributed by atoms with Gasteiger partial charge in [0.1, 0.15) is 5.82 Å². The number of rotatable bonds is 3. The maximum Gasteiger partial charge on any atom is 0.328 e. The van der Waals surface area contributed by atoms with Crippen LogP contribution in [0.25, 0.3) is 0 Å². The summed E-state index contributed by atoms with van der Waals surface area (Å²) in [7, 11) is 0. The van der Waals surface area contributed by atoms with Gasteiger partial charge in [-0.25, -0.2) is 9.18 Å². The first-order valence-corrected chi connectivity index (χ1v) is 7.70. The summed E-state index contributed by atoms with van der Waals surface area (Å²) < 4.78 is 19.2. The monoisotopic (exact) mass is 336 g/mol. The van der Waals surface area contributed by atoms with Crippen LogP contribution in [0.4, 0.5) is 10.1 Å². The van der Waals surface area contributed by atoms with Crippen LogP contribution in [-0.2, 0) is 14.3 Å². The molecule has 0 aliphatic carbocycles. The van der Waals surface area contributed by atoms with Gasteiger partial charge in [0.2, 0.25) is 5.91 Å². The van der Waals surface area contributed by atoms with Crippen LogP contribution in [0.3, 0.4) is 0 Å². The number of morpholine rings is 1. The number of carbonyl (C=O) groups excluding carboxylic acids is 2. The summed E-state index contributed by atoms with van der Waals surface area (Å²) in [6.45, 7) is 0.657. The molecule has 1 atom stereocenters. The Labute approximate surface area is 137 Å². The molecule has 0 saturated carbocycles. The number of aliphatic carboxylic acids is 1. The minimum atomic E-state index is -1.20. The van der Waals surface area contributed by atoms with Gasteiger partial charge in [-0.05, 0) is 24.6 Å². The highest BCUT2D eigenvalue weighted by molar-refractivity contribution is 6.00. The maximum atomic E-state index is 14.2. The van der Waals surface area contributed by atoms with Gasteiger partial charge < -0.3 is 19.6 Å². The zero-order chi connectivity index (χ0) is 17.3. The number of amides is 2. The third-order valence-electron chi connectivity index (χ3n) is 4.24. The van der Waals surface area contributed by atoms with E-state index in [1.54, 1.807) is 0 Å². The smallest absolute Gasteiger partial charge is 0.328 e. The SMILES string of the molecule is O=C(O)[C@H]1COCCN1C(=O)c1cc(N2CCCC2=O)ccc1F. The molecule has 7 nitrogen and oxygen atoms in total. The van der Waals surface area contributed by atoms with Crippen molar-refractivity contribution in [2.75, 3.05) is 31.2 Å². The number of halogens is 1. The fraction of sp³-hybridized carbons (Fsp3) is 0.438. The van der Waals surface area contributed by atoms with Crippen molar-refractivity contribution in [3.05, 3.63) is 29.6 Å². The minimum absolute atomic E-state index is 0.0715. The second-order valence-corrected chi connectivity index (χ2v) is 5.74. The average Bonchev–Trinajstić information content (AvgIpc) is 3.00. The normalized spacial score (nSPS) is 21.2. The van der Waals surface area contributed by atoms with E-state index >= 15 is 0 Å². The lowest BCUT2D eigenvalue weighted by molar-refractivity contribution is -0.147. The van der Waals surface area contributed by atoms with Crippen LogP contribution >= 0.6 is 0 Å². The molecule has 2 heterocycles. The van der Waals surface area contributed by atoms with E-state index in [9.17, 15) is 23.9 Å². The number of benzene rings is 1. The van der Waals surface area contributed by atoms with Crippen LogP contribution in [0.5, 0.6) is 0 Å². The molecule has 8 heteroatoms. The van der Waals surface area contributed by atoms with E-state index < -0.39 is 23.7 Å². The highest BCUT2D eigenvalue weighted by Gasteiger charge is 2.34. The summed E-state index contributed by atoms with van der Waals surface area (Å²) in [5.74, 6) is -2.73. The van der Waals surface area contributed by atoms with E-state index in [1.807, 2.05) is 0 Å². The molecule has 2 saturated heterocycles. The second-order valence-electron chi connectivity index (χ2n) is 5.74. The number of anilines is 1. The first kappa shape index (κ1) is 16.4. The summed E-state index contributed by atoms with van der Waals surface area (Å²) in [6, 6.07) is 2.74. The Morgan fingerprint density at radius 2 is 2.08 bits per heavy atom. The van der Waals surface area contributed by atoms with Crippen molar-refractivity contribution < 1.29 is 28.6 Å². The Hall–Kier alpha value is -2.48. The van der Waals surface area contributed by atoms with Crippen molar-refractivity contribution in [1.29, 1.82) is 0 Å². The van der Waals surface area contributed by atoms with Gasteiger partial charge >= 0.3 is 5.97 Å². The number of ether oxygens (including phenoxy) is 1. The summed E-state index contributed by atoms with van der Waals surface area (Å²) in [5, 5.41) is 9.22. The molecular weight excluding hydrogens is 319 g/mol. The number of carbonyl (C=O) groups is 3. The molecule has 2 aliphatic heterocycles. The molecule has 1 aromatic carbocycles. The highest BCUT2D eigenvalue weighted by atomic mass is 19.1. The van der Waals surface area contributed by atoms with Crippen molar-refractivity contribution in [2.45, 2.75) is 18.9 Å². The van der Waals surface area contributed by atoms with E-state index in [4.69, 9.17) is 4.74 Å². The second kappa shape index (κ2) is 6.56. The summed E-state index contributed by atoms with van der Waals surface area (Å²) >= 11 is 0. The van der Waals surface area contributed by atoms with Crippen LogP contribution in [0.2, 0.25) is 0 Å². The largest absolute Gasteiger partial charge is 0.480 e. The van der Waals surface area contributed by atoms with Crippen molar-refractivity contribution in [1.82, 2.24) is 4.90 Å². The van der Waals surface area contributed by atoms with Gasteiger partial charge in [0.25, 0.3) is 5.91 Å². The molecular formula is C16H17FN2O5. The van der Waals surface area contributed by atoms with Crippen LogP contribution in [0.15, 0.2) is 18.2 Å². The van der Waals surface area contributed by atoms with Crippen LogP contribution in [-0.4, -0.2) is 60.1 Å². The van der Waals surface area contributed by atoms with Gasteiger partial charge in [-0.1, -0.05) is 0 Å². The fourth-order valence-corrected chi connectivity index (χ4v) is 2.97. The average molecular weight is 336 g/mol. The zero-order valence-corrected chi connectivity index (χ0v) is 12.9. The Balaban J connectivity index is 1.91. The topological polar surface area (TPSA) is 87.2 Å². The van der Waals surface area contributed by atoms with Gasteiger partial charge in [-0.15, -0.1) is 0 Å². The Bertz CT molecular complexity index is 693. The molecule has 128 valence electrons. The molecule has 0 aromatic heterocycles. The lowest BCUT2D eigenvalue weighted by Gasteiger charge is -2.33. The van der Waals surface area contributed by atoms with E-state index in [0.29, 0.717) is 25.1 Å². The first-order valence-electron chi connectivity index (χ1n) is 7.70. The molecule has 1 aromatic rings. The molecule has 0 spiro atoms. The number of hydrogen-bond donors (Lipinski definition) is 1. The van der Waals surface area contributed by atoms with E-state index in [1.165, 1.54) is 17.0 Å². The molecule has 2 aliphatic rings. The number of carboxylic acids is 1. The minimum Gasteiger partial charge on any atom is -0.480 e. The van der Waals surface area contributed by atoms with Gasteiger partial charge in [0, 0.05) is 25.2 Å². The van der Waals surface area contributed by atoms with Crippen LogP contribution in [0.1, 0.15) is 23.2 Å². The Morgan fingerprint density at radius 1 is 1.29 bits per heavy atom. The summed E-state index contributed by atoms with van der Waals surface area (Å²) in [4.78, 5) is 38.4. The highest BCUT2D eigenvalue weighted by Crippen LogP contribution is 2.25. The van der Waals surface area contributed by atoms with Crippen molar-refractivity contribution in [2.24, 2.45) is 0 Å². The van der Waals surface area contributed by atoms with Gasteiger partial charge in [-0.3, -0.25) is 9.59 Å². The van der Waals surface area contributed by atoms with Crippen molar-refractivity contribution in [3.63, 3.8) is 0 Å². The predicted octanol–water partition coefficient (Wildman–Crippen LogP) is 0.878. The molecule has 2 amide bonds. The van der Waals surface area contributed by atoms with Crippen LogP contribution in [0, 0.1) is 5.82 Å². The Morgan fingerprint density at radius 3 is 2.75 bits per heavy atom. The van der Waals surface area contributed by atoms with Crippen LogP contribution < -0.4 is 4.90 Å². The molecule has 3 rings (SSSR count). The molecule has 0 bridgehead atoms. The third-order valence-corrected chi connectivity index (χ3v) is 4.24.